The fraction of sp³-hybridized carbons (Fsp3) is 0.385. The van der Waals surface area contributed by atoms with Gasteiger partial charge in [0.15, 0.2) is 5.60 Å². The van der Waals surface area contributed by atoms with E-state index < -0.39 is 5.60 Å². The summed E-state index contributed by atoms with van der Waals surface area (Å²) >= 11 is 5.24. The molecule has 0 saturated heterocycles. The Kier molecular flexibility index (Phi) is 3.93. The Morgan fingerprint density at radius 2 is 2.17 bits per heavy atom. The zero-order valence-electron chi connectivity index (χ0n) is 10.3. The summed E-state index contributed by atoms with van der Waals surface area (Å²) in [6, 6.07) is 9.41. The second kappa shape index (κ2) is 5.46. The topological polar surface area (TPSA) is 58.6 Å². The van der Waals surface area contributed by atoms with Gasteiger partial charge in [0.2, 0.25) is 0 Å². The molecule has 0 bridgehead atoms. The predicted octanol–water partition coefficient (Wildman–Crippen LogP) is -0.513. The Hall–Kier alpha value is -1.46. The standard InChI is InChI=1S/C13H17N3OS/c1-13(17,11-14-8-5-9-15-11)12(18)16-10-6-3-2-4-7-10/h2-4,6-7,17H,5,8-9H2,1H3,(H,14,15)(H,16,18)/t13-/m0/s1. The molecule has 0 spiro atoms. The lowest BCUT2D eigenvalue weighted by Crippen LogP contribution is -2.84. The molecule has 1 aromatic carbocycles. The molecule has 1 aliphatic rings. The van der Waals surface area contributed by atoms with Crippen LogP contribution < -0.4 is 10.3 Å². The number of aliphatic hydroxyl groups is 1. The largest absolute Gasteiger partial charge is 0.761 e. The van der Waals surface area contributed by atoms with Crippen molar-refractivity contribution >= 4 is 29.2 Å². The van der Waals surface area contributed by atoms with Crippen LogP contribution in [0.2, 0.25) is 0 Å². The Morgan fingerprint density at radius 1 is 1.44 bits per heavy atom. The predicted molar refractivity (Wildman–Crippen MR) is 75.0 cm³/mol. The minimum atomic E-state index is -1.26. The van der Waals surface area contributed by atoms with E-state index in [-0.39, 0.29) is 5.04 Å². The van der Waals surface area contributed by atoms with Crippen molar-refractivity contribution in [2.75, 3.05) is 13.1 Å². The fourth-order valence-corrected chi connectivity index (χ4v) is 1.96. The van der Waals surface area contributed by atoms with Gasteiger partial charge in [0.25, 0.3) is 5.84 Å². The van der Waals surface area contributed by atoms with E-state index >= 15 is 0 Å². The molecule has 0 fully saturated rings. The van der Waals surface area contributed by atoms with Crippen LogP contribution in [0, 0.1) is 0 Å². The van der Waals surface area contributed by atoms with E-state index in [4.69, 9.17) is 12.6 Å². The molecule has 18 heavy (non-hydrogen) atoms. The van der Waals surface area contributed by atoms with Crippen LogP contribution in [0.3, 0.4) is 0 Å². The maximum atomic E-state index is 10.5. The van der Waals surface area contributed by atoms with Gasteiger partial charge in [0.1, 0.15) is 0 Å². The minimum absolute atomic E-state index is 0.255. The Labute approximate surface area is 112 Å². The maximum Gasteiger partial charge on any atom is 0.278 e. The Morgan fingerprint density at radius 3 is 2.78 bits per heavy atom. The normalized spacial score (nSPS) is 19.7. The fourth-order valence-electron chi connectivity index (χ4n) is 1.76. The minimum Gasteiger partial charge on any atom is -0.761 e. The summed E-state index contributed by atoms with van der Waals surface area (Å²) in [5.41, 5.74) is -0.509. The molecule has 4 nitrogen and oxygen atoms in total. The molecule has 1 aliphatic heterocycles. The van der Waals surface area contributed by atoms with Gasteiger partial charge >= 0.3 is 0 Å². The number of amidine groups is 1. The molecule has 3 N–H and O–H groups in total. The van der Waals surface area contributed by atoms with E-state index in [1.54, 1.807) is 6.92 Å². The number of hydrogen-bond acceptors (Lipinski definition) is 4. The SMILES string of the molecule is C[C@@](O)(C([S-])=Nc1ccccc1)C1=[NH+]CCCN1. The summed E-state index contributed by atoms with van der Waals surface area (Å²) < 4.78 is 0. The highest BCUT2D eigenvalue weighted by molar-refractivity contribution is 7.78. The van der Waals surface area contributed by atoms with Crippen LogP contribution in [-0.2, 0) is 12.6 Å². The van der Waals surface area contributed by atoms with E-state index in [1.165, 1.54) is 0 Å². The number of aliphatic imine (C=N–C) groups is 1. The van der Waals surface area contributed by atoms with Crippen LogP contribution in [0.15, 0.2) is 35.3 Å². The molecule has 0 unspecified atom stereocenters. The van der Waals surface area contributed by atoms with E-state index in [1.807, 2.05) is 30.3 Å². The average molecular weight is 263 g/mol. The second-order valence-corrected chi connectivity index (χ2v) is 4.79. The van der Waals surface area contributed by atoms with E-state index in [2.05, 4.69) is 15.3 Å². The first-order chi connectivity index (χ1) is 8.60. The van der Waals surface area contributed by atoms with Crippen LogP contribution in [0.4, 0.5) is 5.69 Å². The van der Waals surface area contributed by atoms with Gasteiger partial charge in [-0.15, -0.1) is 0 Å². The third-order valence-electron chi connectivity index (χ3n) is 2.85. The molecule has 2 rings (SSSR count). The summed E-state index contributed by atoms with van der Waals surface area (Å²) in [6.45, 7) is 3.33. The van der Waals surface area contributed by atoms with Gasteiger partial charge in [-0.3, -0.25) is 15.3 Å². The quantitative estimate of drug-likeness (QED) is 0.391. The molecule has 96 valence electrons. The van der Waals surface area contributed by atoms with Crippen LogP contribution in [0.1, 0.15) is 13.3 Å². The number of hydrogen-bond donors (Lipinski definition) is 3. The Bertz CT molecular complexity index is 468. The van der Waals surface area contributed by atoms with Gasteiger partial charge in [-0.25, -0.2) is 0 Å². The molecule has 0 amide bonds. The van der Waals surface area contributed by atoms with Crippen molar-refractivity contribution in [1.29, 1.82) is 0 Å². The first kappa shape index (κ1) is 13.0. The summed E-state index contributed by atoms with van der Waals surface area (Å²) in [4.78, 5) is 7.42. The first-order valence-electron chi connectivity index (χ1n) is 5.99. The third-order valence-corrected chi connectivity index (χ3v) is 3.34. The molecule has 5 heteroatoms. The molecular weight excluding hydrogens is 246 g/mol. The van der Waals surface area contributed by atoms with Crippen molar-refractivity contribution in [2.45, 2.75) is 18.9 Å². The lowest BCUT2D eigenvalue weighted by atomic mass is 10.1. The molecule has 0 saturated carbocycles. The van der Waals surface area contributed by atoms with E-state index in [0.717, 1.165) is 25.2 Å². The molecule has 1 aromatic rings. The molecule has 0 aliphatic carbocycles. The van der Waals surface area contributed by atoms with Crippen LogP contribution >= 0.6 is 0 Å². The van der Waals surface area contributed by atoms with Gasteiger partial charge in [-0.1, -0.05) is 23.2 Å². The van der Waals surface area contributed by atoms with E-state index in [9.17, 15) is 5.11 Å². The maximum absolute atomic E-state index is 10.5. The van der Waals surface area contributed by atoms with Gasteiger partial charge in [-0.2, -0.15) is 0 Å². The molecule has 1 atom stereocenters. The van der Waals surface area contributed by atoms with Gasteiger partial charge in [0.05, 0.1) is 18.8 Å². The summed E-state index contributed by atoms with van der Waals surface area (Å²) in [6.07, 6.45) is 1.03. The van der Waals surface area contributed by atoms with Crippen molar-refractivity contribution in [1.82, 2.24) is 5.32 Å². The lowest BCUT2D eigenvalue weighted by Gasteiger charge is -2.29. The summed E-state index contributed by atoms with van der Waals surface area (Å²) in [5.74, 6) is 0.637. The molecule has 0 aromatic heterocycles. The molecular formula is C13H17N3OS. The third kappa shape index (κ3) is 2.86. The highest BCUT2D eigenvalue weighted by Gasteiger charge is 2.33. The zero-order valence-corrected chi connectivity index (χ0v) is 11.1. The number of nitrogens with one attached hydrogen (secondary N) is 2. The van der Waals surface area contributed by atoms with Gasteiger partial charge in [-0.05, 0) is 19.1 Å². The van der Waals surface area contributed by atoms with Crippen LogP contribution in [-0.4, -0.2) is 34.7 Å². The van der Waals surface area contributed by atoms with Crippen LogP contribution in [0.5, 0.6) is 0 Å². The van der Waals surface area contributed by atoms with Crippen LogP contribution in [0.25, 0.3) is 0 Å². The van der Waals surface area contributed by atoms with Crippen molar-refractivity contribution in [3.63, 3.8) is 0 Å². The van der Waals surface area contributed by atoms with Crippen molar-refractivity contribution in [3.8, 4) is 0 Å². The number of rotatable bonds is 3. The summed E-state index contributed by atoms with van der Waals surface area (Å²) in [7, 11) is 0. The highest BCUT2D eigenvalue weighted by atomic mass is 32.1. The smallest absolute Gasteiger partial charge is 0.278 e. The van der Waals surface area contributed by atoms with Gasteiger partial charge < -0.3 is 17.7 Å². The van der Waals surface area contributed by atoms with Crippen molar-refractivity contribution in [3.05, 3.63) is 30.3 Å². The molecule has 0 radical (unpaired) electrons. The second-order valence-electron chi connectivity index (χ2n) is 4.41. The monoisotopic (exact) mass is 263 g/mol. The van der Waals surface area contributed by atoms with Crippen molar-refractivity contribution in [2.24, 2.45) is 4.99 Å². The average Bonchev–Trinajstić information content (AvgIpc) is 2.41. The highest BCUT2D eigenvalue weighted by Crippen LogP contribution is 2.14. The Balaban J connectivity index is 2.24. The number of para-hydroxylation sites is 1. The number of nitrogens with zero attached hydrogens (tertiary/aromatic N) is 1. The van der Waals surface area contributed by atoms with Crippen molar-refractivity contribution < 1.29 is 10.1 Å². The number of benzene rings is 1. The van der Waals surface area contributed by atoms with E-state index in [0.29, 0.717) is 5.84 Å². The lowest BCUT2D eigenvalue weighted by molar-refractivity contribution is -0.468. The molecule has 1 heterocycles. The zero-order chi connectivity index (χ0) is 13.0. The first-order valence-corrected chi connectivity index (χ1v) is 6.40. The summed E-state index contributed by atoms with van der Waals surface area (Å²) in [5, 5.41) is 13.9. The van der Waals surface area contributed by atoms with Gasteiger partial charge in [0, 0.05) is 6.42 Å².